The van der Waals surface area contributed by atoms with Crippen LogP contribution in [0.1, 0.15) is 39.7 Å². The van der Waals surface area contributed by atoms with Gasteiger partial charge in [-0.3, -0.25) is 4.79 Å². The van der Waals surface area contributed by atoms with Crippen LogP contribution in [0.25, 0.3) is 0 Å². The molecule has 0 aliphatic carbocycles. The van der Waals surface area contributed by atoms with E-state index in [0.29, 0.717) is 18.8 Å². The molecule has 6 heteroatoms. The number of carbonyl (C=O) groups excluding carboxylic acids is 1. The SMILES string of the molecule is CCN(CC(O)c1ccc(C)cc1)C(=O)c1csc(CN)n1. The van der Waals surface area contributed by atoms with Gasteiger partial charge in [0.25, 0.3) is 5.91 Å². The van der Waals surface area contributed by atoms with Gasteiger partial charge in [-0.15, -0.1) is 11.3 Å². The molecule has 0 aliphatic heterocycles. The summed E-state index contributed by atoms with van der Waals surface area (Å²) in [6.45, 7) is 4.96. The molecule has 3 N–H and O–H groups in total. The number of hydrogen-bond acceptors (Lipinski definition) is 5. The maximum atomic E-state index is 12.4. The minimum atomic E-state index is -0.711. The predicted molar refractivity (Wildman–Crippen MR) is 87.7 cm³/mol. The maximum Gasteiger partial charge on any atom is 0.273 e. The number of thiazole rings is 1. The highest BCUT2D eigenvalue weighted by molar-refractivity contribution is 7.09. The van der Waals surface area contributed by atoms with E-state index in [1.54, 1.807) is 10.3 Å². The van der Waals surface area contributed by atoms with Gasteiger partial charge in [0.1, 0.15) is 10.7 Å². The number of nitrogens with two attached hydrogens (primary N) is 1. The molecule has 5 nitrogen and oxygen atoms in total. The number of likely N-dealkylation sites (N-methyl/N-ethyl adjacent to an activating group) is 1. The Kier molecular flexibility index (Phi) is 5.65. The standard InChI is InChI=1S/C16H21N3O2S/c1-3-19(16(21)13-10-22-15(8-17)18-13)9-14(20)12-6-4-11(2)5-7-12/h4-7,10,14,20H,3,8-9,17H2,1-2H3. The summed E-state index contributed by atoms with van der Waals surface area (Å²) < 4.78 is 0. The number of amides is 1. The quantitative estimate of drug-likeness (QED) is 0.854. The second kappa shape index (κ2) is 7.49. The fourth-order valence-corrected chi connectivity index (χ4v) is 2.77. The number of aryl methyl sites for hydroxylation is 1. The third-order valence-electron chi connectivity index (χ3n) is 3.47. The topological polar surface area (TPSA) is 79.5 Å². The van der Waals surface area contributed by atoms with Crippen LogP contribution < -0.4 is 5.73 Å². The molecule has 118 valence electrons. The highest BCUT2D eigenvalue weighted by Crippen LogP contribution is 2.17. The average Bonchev–Trinajstić information content (AvgIpc) is 3.01. The van der Waals surface area contributed by atoms with Gasteiger partial charge in [0, 0.05) is 18.5 Å². The fraction of sp³-hybridized carbons (Fsp3) is 0.375. The Balaban J connectivity index is 2.07. The van der Waals surface area contributed by atoms with E-state index in [4.69, 9.17) is 5.73 Å². The molecule has 1 heterocycles. The summed E-state index contributed by atoms with van der Waals surface area (Å²) in [5.41, 5.74) is 7.85. The Morgan fingerprint density at radius 2 is 2.09 bits per heavy atom. The molecule has 2 aromatic rings. The van der Waals surface area contributed by atoms with Crippen molar-refractivity contribution in [2.75, 3.05) is 13.1 Å². The van der Waals surface area contributed by atoms with E-state index in [9.17, 15) is 9.90 Å². The third-order valence-corrected chi connectivity index (χ3v) is 4.34. The van der Waals surface area contributed by atoms with E-state index in [2.05, 4.69) is 4.98 Å². The van der Waals surface area contributed by atoms with Crippen molar-refractivity contribution >= 4 is 17.2 Å². The summed E-state index contributed by atoms with van der Waals surface area (Å²) in [6, 6.07) is 7.66. The molecule has 1 aromatic heterocycles. The van der Waals surface area contributed by atoms with Gasteiger partial charge < -0.3 is 15.7 Å². The van der Waals surface area contributed by atoms with Gasteiger partial charge >= 0.3 is 0 Å². The molecule has 22 heavy (non-hydrogen) atoms. The first kappa shape index (κ1) is 16.6. The van der Waals surface area contributed by atoms with Crippen molar-refractivity contribution in [3.63, 3.8) is 0 Å². The van der Waals surface area contributed by atoms with Gasteiger partial charge in [-0.2, -0.15) is 0 Å². The van der Waals surface area contributed by atoms with Crippen LogP contribution >= 0.6 is 11.3 Å². The molecular weight excluding hydrogens is 298 g/mol. The van der Waals surface area contributed by atoms with Crippen LogP contribution in [-0.2, 0) is 6.54 Å². The van der Waals surface area contributed by atoms with Crippen molar-refractivity contribution in [1.82, 2.24) is 9.88 Å². The Labute approximate surface area is 134 Å². The molecule has 1 unspecified atom stereocenters. The molecule has 0 radical (unpaired) electrons. The van der Waals surface area contributed by atoms with Crippen LogP contribution in [0, 0.1) is 6.92 Å². The lowest BCUT2D eigenvalue weighted by molar-refractivity contribution is 0.0630. The molecule has 0 fully saturated rings. The van der Waals surface area contributed by atoms with Crippen molar-refractivity contribution in [2.45, 2.75) is 26.5 Å². The molecule has 2 rings (SSSR count). The highest BCUT2D eigenvalue weighted by Gasteiger charge is 2.20. The molecule has 0 saturated carbocycles. The first-order chi connectivity index (χ1) is 10.5. The number of carbonyl (C=O) groups is 1. The smallest absolute Gasteiger partial charge is 0.273 e. The summed E-state index contributed by atoms with van der Waals surface area (Å²) in [5.74, 6) is -0.176. The lowest BCUT2D eigenvalue weighted by Crippen LogP contribution is -2.34. The largest absolute Gasteiger partial charge is 0.387 e. The summed E-state index contributed by atoms with van der Waals surface area (Å²) >= 11 is 1.38. The molecule has 0 bridgehead atoms. The Morgan fingerprint density at radius 1 is 1.41 bits per heavy atom. The number of aliphatic hydroxyl groups is 1. The van der Waals surface area contributed by atoms with Crippen LogP contribution in [0.15, 0.2) is 29.6 Å². The second-order valence-corrected chi connectivity index (χ2v) is 6.04. The number of rotatable bonds is 6. The second-order valence-electron chi connectivity index (χ2n) is 5.10. The van der Waals surface area contributed by atoms with E-state index >= 15 is 0 Å². The minimum Gasteiger partial charge on any atom is -0.387 e. The first-order valence-electron chi connectivity index (χ1n) is 7.23. The van der Waals surface area contributed by atoms with Gasteiger partial charge in [-0.25, -0.2) is 4.98 Å². The van der Waals surface area contributed by atoms with Gasteiger partial charge in [-0.05, 0) is 19.4 Å². The molecule has 1 aromatic carbocycles. The van der Waals surface area contributed by atoms with Crippen LogP contribution in [-0.4, -0.2) is 34.0 Å². The van der Waals surface area contributed by atoms with Crippen molar-refractivity contribution in [3.8, 4) is 0 Å². The van der Waals surface area contributed by atoms with Gasteiger partial charge in [0.15, 0.2) is 0 Å². The average molecular weight is 319 g/mol. The van der Waals surface area contributed by atoms with E-state index in [1.807, 2.05) is 38.1 Å². The van der Waals surface area contributed by atoms with Crippen molar-refractivity contribution in [1.29, 1.82) is 0 Å². The number of hydrogen-bond donors (Lipinski definition) is 2. The van der Waals surface area contributed by atoms with Crippen molar-refractivity contribution in [3.05, 3.63) is 51.5 Å². The van der Waals surface area contributed by atoms with Crippen molar-refractivity contribution < 1.29 is 9.90 Å². The Morgan fingerprint density at radius 3 is 2.64 bits per heavy atom. The molecular formula is C16H21N3O2S. The summed E-state index contributed by atoms with van der Waals surface area (Å²) in [6.07, 6.45) is -0.711. The Bertz CT molecular complexity index is 625. The van der Waals surface area contributed by atoms with Crippen LogP contribution in [0.5, 0.6) is 0 Å². The van der Waals surface area contributed by atoms with Crippen molar-refractivity contribution in [2.24, 2.45) is 5.73 Å². The normalized spacial score (nSPS) is 12.2. The third kappa shape index (κ3) is 3.91. The summed E-state index contributed by atoms with van der Waals surface area (Å²) in [7, 11) is 0. The molecule has 0 aliphatic rings. The lowest BCUT2D eigenvalue weighted by atomic mass is 10.1. The number of benzene rings is 1. The first-order valence-corrected chi connectivity index (χ1v) is 8.11. The van der Waals surface area contributed by atoms with E-state index in [1.165, 1.54) is 11.3 Å². The van der Waals surface area contributed by atoms with Gasteiger partial charge in [0.05, 0.1) is 12.6 Å². The zero-order valence-corrected chi connectivity index (χ0v) is 13.6. The van der Waals surface area contributed by atoms with E-state index in [-0.39, 0.29) is 12.5 Å². The molecule has 1 atom stereocenters. The Hall–Kier alpha value is -1.76. The summed E-state index contributed by atoms with van der Waals surface area (Å²) in [5, 5.41) is 12.8. The van der Waals surface area contributed by atoms with E-state index < -0.39 is 6.10 Å². The maximum absolute atomic E-state index is 12.4. The fourth-order valence-electron chi connectivity index (χ4n) is 2.12. The predicted octanol–water partition coefficient (Wildman–Crippen LogP) is 2.11. The molecule has 0 saturated heterocycles. The van der Waals surface area contributed by atoms with Gasteiger partial charge in [0.2, 0.25) is 0 Å². The van der Waals surface area contributed by atoms with Crippen LogP contribution in [0.3, 0.4) is 0 Å². The minimum absolute atomic E-state index is 0.176. The zero-order valence-electron chi connectivity index (χ0n) is 12.8. The van der Waals surface area contributed by atoms with E-state index in [0.717, 1.165) is 16.1 Å². The van der Waals surface area contributed by atoms with Gasteiger partial charge in [-0.1, -0.05) is 29.8 Å². The van der Waals surface area contributed by atoms with Crippen LogP contribution in [0.2, 0.25) is 0 Å². The number of aliphatic hydroxyl groups excluding tert-OH is 1. The van der Waals surface area contributed by atoms with Crippen LogP contribution in [0.4, 0.5) is 0 Å². The molecule has 1 amide bonds. The monoisotopic (exact) mass is 319 g/mol. The molecule has 0 spiro atoms. The highest BCUT2D eigenvalue weighted by atomic mass is 32.1. The number of aromatic nitrogens is 1. The number of nitrogens with zero attached hydrogens (tertiary/aromatic N) is 2. The zero-order chi connectivity index (χ0) is 16.1. The summed E-state index contributed by atoms with van der Waals surface area (Å²) in [4.78, 5) is 18.3. The lowest BCUT2D eigenvalue weighted by Gasteiger charge is -2.23.